The van der Waals surface area contributed by atoms with Gasteiger partial charge in [-0.15, -0.1) is 0 Å². The highest BCUT2D eigenvalue weighted by Gasteiger charge is 2.10. The van der Waals surface area contributed by atoms with E-state index < -0.39 is 0 Å². The van der Waals surface area contributed by atoms with Crippen LogP contribution in [0.2, 0.25) is 0 Å². The lowest BCUT2D eigenvalue weighted by Crippen LogP contribution is -2.06. The third-order valence-electron chi connectivity index (χ3n) is 3.25. The topological polar surface area (TPSA) is 69.6 Å². The molecule has 2 heterocycles. The van der Waals surface area contributed by atoms with E-state index >= 15 is 0 Å². The van der Waals surface area contributed by atoms with Gasteiger partial charge in [-0.1, -0.05) is 29.8 Å². The first-order chi connectivity index (χ1) is 10.0. The maximum atomic E-state index is 6.08. The Morgan fingerprint density at radius 3 is 2.33 bits per heavy atom. The van der Waals surface area contributed by atoms with Crippen LogP contribution in [0.4, 0.5) is 5.82 Å². The van der Waals surface area contributed by atoms with Gasteiger partial charge in [0.15, 0.2) is 5.82 Å². The highest BCUT2D eigenvalue weighted by molar-refractivity contribution is 5.63. The number of aryl methyl sites for hydroxylation is 3. The molecule has 0 amide bonds. The van der Waals surface area contributed by atoms with Crippen LogP contribution < -0.4 is 5.73 Å². The predicted molar refractivity (Wildman–Crippen MR) is 83.2 cm³/mol. The Kier molecular flexibility index (Phi) is 3.17. The van der Waals surface area contributed by atoms with Crippen LogP contribution in [-0.4, -0.2) is 19.7 Å². The van der Waals surface area contributed by atoms with E-state index in [2.05, 4.69) is 34.1 Å². The average molecular weight is 279 g/mol. The largest absolute Gasteiger partial charge is 0.384 e. The molecule has 0 spiro atoms. The van der Waals surface area contributed by atoms with Crippen molar-refractivity contribution >= 4 is 5.82 Å². The van der Waals surface area contributed by atoms with E-state index in [-0.39, 0.29) is 0 Å². The number of hydrogen-bond acceptors (Lipinski definition) is 4. The van der Waals surface area contributed by atoms with Crippen molar-refractivity contribution in [3.63, 3.8) is 0 Å². The van der Waals surface area contributed by atoms with Crippen LogP contribution in [0, 0.1) is 20.8 Å². The number of benzene rings is 1. The van der Waals surface area contributed by atoms with Crippen LogP contribution in [0.25, 0.3) is 17.1 Å². The molecular weight excluding hydrogens is 262 g/mol. The van der Waals surface area contributed by atoms with Crippen LogP contribution in [0.5, 0.6) is 0 Å². The third-order valence-corrected chi connectivity index (χ3v) is 3.25. The number of anilines is 1. The standard InChI is InChI=1S/C16H17N5/c1-10-4-6-13(7-5-10)14-9-15(17)21(20-14)16-8-11(2)18-12(3)19-16/h4-9H,17H2,1-3H3. The van der Waals surface area contributed by atoms with E-state index in [1.165, 1.54) is 5.56 Å². The summed E-state index contributed by atoms with van der Waals surface area (Å²) >= 11 is 0. The molecule has 0 unspecified atom stereocenters. The van der Waals surface area contributed by atoms with Crippen molar-refractivity contribution in [1.29, 1.82) is 0 Å². The Balaban J connectivity index is 2.07. The number of aromatic nitrogens is 4. The molecule has 2 N–H and O–H groups in total. The number of nitrogens with zero attached hydrogens (tertiary/aromatic N) is 4. The van der Waals surface area contributed by atoms with Crippen molar-refractivity contribution in [2.24, 2.45) is 0 Å². The summed E-state index contributed by atoms with van der Waals surface area (Å²) in [5.74, 6) is 1.95. The molecule has 3 aromatic rings. The molecule has 0 saturated heterocycles. The Hall–Kier alpha value is -2.69. The van der Waals surface area contributed by atoms with E-state index in [0.29, 0.717) is 17.5 Å². The molecular formula is C16H17N5. The van der Waals surface area contributed by atoms with Gasteiger partial charge < -0.3 is 5.73 Å². The quantitative estimate of drug-likeness (QED) is 0.783. The minimum absolute atomic E-state index is 0.558. The summed E-state index contributed by atoms with van der Waals surface area (Å²) in [6, 6.07) is 11.9. The zero-order valence-electron chi connectivity index (χ0n) is 12.3. The molecule has 3 rings (SSSR count). The zero-order chi connectivity index (χ0) is 15.0. The molecule has 0 aliphatic carbocycles. The summed E-state index contributed by atoms with van der Waals surface area (Å²) in [7, 11) is 0. The molecule has 5 heteroatoms. The smallest absolute Gasteiger partial charge is 0.159 e. The van der Waals surface area contributed by atoms with Gasteiger partial charge >= 0.3 is 0 Å². The molecule has 0 atom stereocenters. The van der Waals surface area contributed by atoms with Gasteiger partial charge in [0.25, 0.3) is 0 Å². The van der Waals surface area contributed by atoms with Crippen LogP contribution in [0.15, 0.2) is 36.4 Å². The summed E-state index contributed by atoms with van der Waals surface area (Å²) in [4.78, 5) is 8.67. The molecule has 106 valence electrons. The minimum Gasteiger partial charge on any atom is -0.384 e. The first-order valence-corrected chi connectivity index (χ1v) is 6.78. The molecule has 0 aliphatic heterocycles. The first kappa shape index (κ1) is 13.3. The SMILES string of the molecule is Cc1ccc(-c2cc(N)n(-c3cc(C)nc(C)n3)n2)cc1. The number of hydrogen-bond donors (Lipinski definition) is 1. The molecule has 21 heavy (non-hydrogen) atoms. The summed E-state index contributed by atoms with van der Waals surface area (Å²) < 4.78 is 1.65. The van der Waals surface area contributed by atoms with Gasteiger partial charge in [0.2, 0.25) is 0 Å². The van der Waals surface area contributed by atoms with Gasteiger partial charge in [0.1, 0.15) is 11.6 Å². The van der Waals surface area contributed by atoms with Crippen LogP contribution in [0.3, 0.4) is 0 Å². The van der Waals surface area contributed by atoms with Crippen LogP contribution in [-0.2, 0) is 0 Å². The van der Waals surface area contributed by atoms with Gasteiger partial charge in [-0.05, 0) is 20.8 Å². The van der Waals surface area contributed by atoms with E-state index in [9.17, 15) is 0 Å². The van der Waals surface area contributed by atoms with Gasteiger partial charge in [-0.25, -0.2) is 9.97 Å². The van der Waals surface area contributed by atoms with E-state index in [0.717, 1.165) is 17.0 Å². The lowest BCUT2D eigenvalue weighted by atomic mass is 10.1. The van der Waals surface area contributed by atoms with Crippen molar-refractivity contribution in [3.8, 4) is 17.1 Å². The Labute approximate surface area is 123 Å². The summed E-state index contributed by atoms with van der Waals surface area (Å²) in [6.45, 7) is 5.85. The molecule has 2 aromatic heterocycles. The van der Waals surface area contributed by atoms with Crippen molar-refractivity contribution < 1.29 is 0 Å². The molecule has 0 radical (unpaired) electrons. The lowest BCUT2D eigenvalue weighted by Gasteiger charge is -2.05. The molecule has 0 saturated carbocycles. The molecule has 0 fully saturated rings. The maximum absolute atomic E-state index is 6.08. The van der Waals surface area contributed by atoms with Crippen molar-refractivity contribution in [1.82, 2.24) is 19.7 Å². The van der Waals surface area contributed by atoms with Gasteiger partial charge in [-0.3, -0.25) is 0 Å². The summed E-state index contributed by atoms with van der Waals surface area (Å²) in [5.41, 5.74) is 10.1. The second-order valence-corrected chi connectivity index (χ2v) is 5.15. The zero-order valence-corrected chi connectivity index (χ0v) is 12.3. The number of rotatable bonds is 2. The molecule has 0 bridgehead atoms. The first-order valence-electron chi connectivity index (χ1n) is 6.78. The van der Waals surface area contributed by atoms with Crippen LogP contribution in [0.1, 0.15) is 17.1 Å². The average Bonchev–Trinajstić information content (AvgIpc) is 2.80. The Bertz CT molecular complexity index is 767. The Morgan fingerprint density at radius 2 is 1.67 bits per heavy atom. The minimum atomic E-state index is 0.558. The highest BCUT2D eigenvalue weighted by Crippen LogP contribution is 2.22. The number of nitrogen functional groups attached to an aromatic ring is 1. The highest BCUT2D eigenvalue weighted by atomic mass is 15.3. The maximum Gasteiger partial charge on any atom is 0.159 e. The van der Waals surface area contributed by atoms with Gasteiger partial charge in [0.05, 0.1) is 5.69 Å². The predicted octanol–water partition coefficient (Wildman–Crippen LogP) is 2.84. The second-order valence-electron chi connectivity index (χ2n) is 5.15. The fraction of sp³-hybridized carbons (Fsp3) is 0.188. The van der Waals surface area contributed by atoms with Crippen molar-refractivity contribution in [2.75, 3.05) is 5.73 Å². The monoisotopic (exact) mass is 279 g/mol. The number of nitrogens with two attached hydrogens (primary N) is 1. The van der Waals surface area contributed by atoms with Crippen LogP contribution >= 0.6 is 0 Å². The summed E-state index contributed by atoms with van der Waals surface area (Å²) in [6.07, 6.45) is 0. The molecule has 5 nitrogen and oxygen atoms in total. The third kappa shape index (κ3) is 2.63. The molecule has 1 aromatic carbocycles. The van der Waals surface area contributed by atoms with E-state index in [4.69, 9.17) is 5.73 Å². The fourth-order valence-corrected chi connectivity index (χ4v) is 2.25. The van der Waals surface area contributed by atoms with Crippen molar-refractivity contribution in [3.05, 3.63) is 53.5 Å². The summed E-state index contributed by atoms with van der Waals surface area (Å²) in [5, 5.41) is 4.56. The molecule has 0 aliphatic rings. The van der Waals surface area contributed by atoms with E-state index in [1.54, 1.807) is 4.68 Å². The fourth-order valence-electron chi connectivity index (χ4n) is 2.25. The Morgan fingerprint density at radius 1 is 0.952 bits per heavy atom. The van der Waals surface area contributed by atoms with Crippen molar-refractivity contribution in [2.45, 2.75) is 20.8 Å². The van der Waals surface area contributed by atoms with Gasteiger partial charge in [-0.2, -0.15) is 9.78 Å². The second kappa shape index (κ2) is 5.01. The lowest BCUT2D eigenvalue weighted by molar-refractivity contribution is 0.833. The normalized spacial score (nSPS) is 10.8. The van der Waals surface area contributed by atoms with E-state index in [1.807, 2.05) is 38.1 Å². The van der Waals surface area contributed by atoms with Gasteiger partial charge in [0, 0.05) is 23.4 Å².